The van der Waals surface area contributed by atoms with Gasteiger partial charge in [-0.25, -0.2) is 4.98 Å². The van der Waals surface area contributed by atoms with Gasteiger partial charge in [-0.05, 0) is 24.3 Å². The van der Waals surface area contributed by atoms with Gasteiger partial charge in [0.05, 0.1) is 29.3 Å². The number of allylic oxidation sites excluding steroid dienone is 1. The van der Waals surface area contributed by atoms with Gasteiger partial charge in [-0.15, -0.1) is 12.4 Å². The highest BCUT2D eigenvalue weighted by atomic mass is 35.5. The van der Waals surface area contributed by atoms with Crippen molar-refractivity contribution in [2.24, 2.45) is 5.10 Å². The lowest BCUT2D eigenvalue weighted by molar-refractivity contribution is 0.775. The lowest BCUT2D eigenvalue weighted by Gasteiger charge is -2.19. The molecular formula is C10H10ClN5. The maximum Gasteiger partial charge on any atom is 0.0931 e. The molecule has 0 spiro atoms. The van der Waals surface area contributed by atoms with Gasteiger partial charge in [0.2, 0.25) is 0 Å². The zero-order chi connectivity index (χ0) is 10.1. The molecule has 0 unspecified atom stereocenters. The minimum Gasteiger partial charge on any atom is -0.345 e. The van der Waals surface area contributed by atoms with E-state index in [2.05, 4.69) is 20.5 Å². The molecule has 82 valence electrons. The normalized spacial score (nSPS) is 13.6. The molecule has 0 radical (unpaired) electrons. The summed E-state index contributed by atoms with van der Waals surface area (Å²) < 4.78 is 0. The number of halogens is 1. The van der Waals surface area contributed by atoms with Crippen LogP contribution in [0.2, 0.25) is 0 Å². The van der Waals surface area contributed by atoms with E-state index in [1.807, 2.05) is 30.5 Å². The molecule has 0 saturated heterocycles. The summed E-state index contributed by atoms with van der Waals surface area (Å²) in [5.74, 6) is 0. The van der Waals surface area contributed by atoms with Crippen molar-refractivity contribution >= 4 is 35.3 Å². The summed E-state index contributed by atoms with van der Waals surface area (Å²) in [6, 6.07) is 5.91. The number of fused-ring (bicyclic) bond motifs is 1. The van der Waals surface area contributed by atoms with Crippen LogP contribution in [0.4, 0.5) is 5.69 Å². The number of aromatic amines is 1. The monoisotopic (exact) mass is 235 g/mol. The Morgan fingerprint density at radius 3 is 3.00 bits per heavy atom. The van der Waals surface area contributed by atoms with Gasteiger partial charge in [0.15, 0.2) is 0 Å². The predicted molar refractivity (Wildman–Crippen MR) is 66.6 cm³/mol. The molecule has 3 rings (SSSR count). The number of hydrazine groups is 1. The summed E-state index contributed by atoms with van der Waals surface area (Å²) in [7, 11) is 0. The van der Waals surface area contributed by atoms with E-state index in [-0.39, 0.29) is 12.4 Å². The Bertz CT molecular complexity index is 545. The molecular weight excluding hydrogens is 226 g/mol. The third-order valence-electron chi connectivity index (χ3n) is 2.21. The maximum atomic E-state index is 4.17. The summed E-state index contributed by atoms with van der Waals surface area (Å²) in [6.07, 6.45) is 7.07. The number of hydrogen-bond acceptors (Lipinski definition) is 4. The van der Waals surface area contributed by atoms with Gasteiger partial charge in [-0.3, -0.25) is 5.43 Å². The van der Waals surface area contributed by atoms with Crippen LogP contribution in [0.25, 0.3) is 11.0 Å². The molecule has 0 fully saturated rings. The minimum absolute atomic E-state index is 0. The highest BCUT2D eigenvalue weighted by molar-refractivity contribution is 5.85. The van der Waals surface area contributed by atoms with Crippen LogP contribution >= 0.6 is 12.4 Å². The van der Waals surface area contributed by atoms with E-state index in [4.69, 9.17) is 0 Å². The SMILES string of the molecule is C1=CNN(c2ccc3nc[nH]c3c2)N=C1.Cl. The first-order valence-corrected chi connectivity index (χ1v) is 4.62. The smallest absolute Gasteiger partial charge is 0.0931 e. The molecule has 5 nitrogen and oxygen atoms in total. The van der Waals surface area contributed by atoms with Crippen LogP contribution in [0, 0.1) is 0 Å². The summed E-state index contributed by atoms with van der Waals surface area (Å²) in [5.41, 5.74) is 5.93. The van der Waals surface area contributed by atoms with Crippen molar-refractivity contribution in [3.63, 3.8) is 0 Å². The summed E-state index contributed by atoms with van der Waals surface area (Å²) in [6.45, 7) is 0. The molecule has 1 aromatic heterocycles. The minimum atomic E-state index is 0. The Kier molecular flexibility index (Phi) is 2.78. The molecule has 2 heterocycles. The van der Waals surface area contributed by atoms with E-state index in [0.717, 1.165) is 16.7 Å². The average Bonchev–Trinajstić information content (AvgIpc) is 2.77. The number of H-pyrrole nitrogens is 1. The van der Waals surface area contributed by atoms with Crippen molar-refractivity contribution in [2.45, 2.75) is 0 Å². The number of hydrazone groups is 1. The van der Waals surface area contributed by atoms with E-state index in [9.17, 15) is 0 Å². The van der Waals surface area contributed by atoms with Crippen molar-refractivity contribution in [3.8, 4) is 0 Å². The molecule has 1 aliphatic heterocycles. The molecule has 16 heavy (non-hydrogen) atoms. The molecule has 0 saturated carbocycles. The average molecular weight is 236 g/mol. The van der Waals surface area contributed by atoms with E-state index < -0.39 is 0 Å². The first-order valence-electron chi connectivity index (χ1n) is 4.62. The fraction of sp³-hybridized carbons (Fsp3) is 0. The highest BCUT2D eigenvalue weighted by Crippen LogP contribution is 2.19. The van der Waals surface area contributed by atoms with Crippen molar-refractivity contribution < 1.29 is 0 Å². The molecule has 1 aliphatic rings. The zero-order valence-corrected chi connectivity index (χ0v) is 9.11. The Morgan fingerprint density at radius 1 is 1.25 bits per heavy atom. The lowest BCUT2D eigenvalue weighted by atomic mass is 10.3. The van der Waals surface area contributed by atoms with Crippen molar-refractivity contribution in [2.75, 3.05) is 5.12 Å². The van der Waals surface area contributed by atoms with E-state index in [1.54, 1.807) is 17.7 Å². The van der Waals surface area contributed by atoms with Gasteiger partial charge in [0.25, 0.3) is 0 Å². The van der Waals surface area contributed by atoms with Crippen LogP contribution < -0.4 is 10.5 Å². The Morgan fingerprint density at radius 2 is 2.19 bits per heavy atom. The van der Waals surface area contributed by atoms with E-state index in [0.29, 0.717) is 0 Å². The van der Waals surface area contributed by atoms with E-state index in [1.165, 1.54) is 0 Å². The fourth-order valence-electron chi connectivity index (χ4n) is 1.49. The maximum absolute atomic E-state index is 4.17. The van der Waals surface area contributed by atoms with Gasteiger partial charge >= 0.3 is 0 Å². The van der Waals surface area contributed by atoms with E-state index >= 15 is 0 Å². The predicted octanol–water partition coefficient (Wildman–Crippen LogP) is 1.81. The standard InChI is InChI=1S/C10H9N5.ClH/c1-4-13-15(14-5-1)8-2-3-9-10(6-8)12-7-11-9;/h1-7,13H,(H,11,12);1H. The Labute approximate surface area is 98.2 Å². The van der Waals surface area contributed by atoms with Crippen molar-refractivity contribution in [1.82, 2.24) is 15.4 Å². The van der Waals surface area contributed by atoms with Crippen LogP contribution in [0.3, 0.4) is 0 Å². The number of nitrogens with one attached hydrogen (secondary N) is 2. The quantitative estimate of drug-likeness (QED) is 0.793. The molecule has 0 atom stereocenters. The third-order valence-corrected chi connectivity index (χ3v) is 2.21. The molecule has 2 N–H and O–H groups in total. The van der Waals surface area contributed by atoms with Crippen LogP contribution in [0.5, 0.6) is 0 Å². The number of benzene rings is 1. The van der Waals surface area contributed by atoms with Crippen LogP contribution in [0.15, 0.2) is 41.9 Å². The number of rotatable bonds is 1. The lowest BCUT2D eigenvalue weighted by Crippen LogP contribution is -2.30. The van der Waals surface area contributed by atoms with Gasteiger partial charge in [-0.1, -0.05) is 0 Å². The number of hydrogen-bond donors (Lipinski definition) is 2. The molecule has 6 heteroatoms. The number of nitrogens with zero attached hydrogens (tertiary/aromatic N) is 3. The molecule has 2 aromatic rings. The molecule has 1 aromatic carbocycles. The van der Waals surface area contributed by atoms with Crippen LogP contribution in [-0.4, -0.2) is 16.2 Å². The molecule has 0 bridgehead atoms. The highest BCUT2D eigenvalue weighted by Gasteiger charge is 2.05. The first-order chi connectivity index (χ1) is 7.43. The third kappa shape index (κ3) is 1.72. The summed E-state index contributed by atoms with van der Waals surface area (Å²) >= 11 is 0. The second-order valence-corrected chi connectivity index (χ2v) is 3.17. The van der Waals surface area contributed by atoms with Gasteiger partial charge in [0.1, 0.15) is 0 Å². The van der Waals surface area contributed by atoms with Crippen molar-refractivity contribution in [1.29, 1.82) is 0 Å². The molecule has 0 aliphatic carbocycles. The van der Waals surface area contributed by atoms with Gasteiger partial charge in [-0.2, -0.15) is 10.2 Å². The number of aromatic nitrogens is 2. The zero-order valence-electron chi connectivity index (χ0n) is 8.29. The number of anilines is 1. The topological polar surface area (TPSA) is 56.3 Å². The summed E-state index contributed by atoms with van der Waals surface area (Å²) in [5, 5.41) is 5.86. The van der Waals surface area contributed by atoms with Crippen LogP contribution in [0.1, 0.15) is 0 Å². The largest absolute Gasteiger partial charge is 0.345 e. The Balaban J connectivity index is 0.000000963. The molecule has 0 amide bonds. The fourth-order valence-corrected chi connectivity index (χ4v) is 1.49. The first kappa shape index (κ1) is 10.5. The van der Waals surface area contributed by atoms with Crippen LogP contribution in [-0.2, 0) is 0 Å². The van der Waals surface area contributed by atoms with Gasteiger partial charge < -0.3 is 4.98 Å². The number of imidazole rings is 1. The second kappa shape index (κ2) is 4.24. The van der Waals surface area contributed by atoms with Crippen molar-refractivity contribution in [3.05, 3.63) is 36.8 Å². The van der Waals surface area contributed by atoms with Gasteiger partial charge in [0, 0.05) is 6.20 Å². The Hall–Kier alpha value is -2.01. The second-order valence-electron chi connectivity index (χ2n) is 3.17. The summed E-state index contributed by atoms with van der Waals surface area (Å²) in [4.78, 5) is 7.22.